The van der Waals surface area contributed by atoms with Gasteiger partial charge in [0.2, 0.25) is 0 Å². The van der Waals surface area contributed by atoms with Crippen molar-refractivity contribution in [2.24, 2.45) is 0 Å². The second-order valence-corrected chi connectivity index (χ2v) is 8.95. The van der Waals surface area contributed by atoms with Gasteiger partial charge in [0.25, 0.3) is 17.6 Å². The van der Waals surface area contributed by atoms with Crippen molar-refractivity contribution < 1.29 is 24.2 Å². The van der Waals surface area contributed by atoms with Gasteiger partial charge < -0.3 is 24.5 Å². The lowest BCUT2D eigenvalue weighted by molar-refractivity contribution is -0.143. The van der Waals surface area contributed by atoms with Crippen LogP contribution in [0.1, 0.15) is 31.4 Å². The monoisotopic (exact) mass is 477 g/mol. The Bertz CT molecular complexity index is 1190. The van der Waals surface area contributed by atoms with Gasteiger partial charge in [0, 0.05) is 30.8 Å². The Kier molecular flexibility index (Phi) is 6.67. The summed E-state index contributed by atoms with van der Waals surface area (Å²) in [6.45, 7) is 5.34. The molecule has 4 rings (SSSR count). The molecule has 1 fully saturated rings. The Hall–Kier alpha value is -3.65. The normalized spacial score (nSPS) is 20.9. The molecule has 8 heteroatoms. The van der Waals surface area contributed by atoms with Gasteiger partial charge in [-0.3, -0.25) is 14.4 Å². The number of likely N-dealkylation sites (tertiary alicyclic amines) is 1. The SMILES string of the molecule is CCCN1C(=O)C2(/C(=C(/O)c3ccc(OCC)cc3)C(=O)C(=O)N2CCN(C)C)c2ccccc21. The third-order valence-electron chi connectivity index (χ3n) is 6.47. The quantitative estimate of drug-likeness (QED) is 0.357. The third-order valence-corrected chi connectivity index (χ3v) is 6.47. The first-order valence-electron chi connectivity index (χ1n) is 11.9. The van der Waals surface area contributed by atoms with Crippen molar-refractivity contribution >= 4 is 29.0 Å². The summed E-state index contributed by atoms with van der Waals surface area (Å²) < 4.78 is 5.48. The number of benzene rings is 2. The number of aliphatic hydroxyl groups excluding tert-OH is 1. The van der Waals surface area contributed by atoms with Gasteiger partial charge in [-0.15, -0.1) is 0 Å². The van der Waals surface area contributed by atoms with Crippen molar-refractivity contribution in [2.45, 2.75) is 25.8 Å². The topological polar surface area (TPSA) is 90.4 Å². The lowest BCUT2D eigenvalue weighted by Crippen LogP contribution is -2.53. The summed E-state index contributed by atoms with van der Waals surface area (Å²) in [4.78, 5) is 46.0. The van der Waals surface area contributed by atoms with Gasteiger partial charge in [-0.1, -0.05) is 25.1 Å². The smallest absolute Gasteiger partial charge is 0.296 e. The second-order valence-electron chi connectivity index (χ2n) is 8.95. The number of Topliss-reactive ketones (excluding diaryl/α,β-unsaturated/α-hetero) is 1. The van der Waals surface area contributed by atoms with E-state index >= 15 is 0 Å². The number of amides is 2. The Morgan fingerprint density at radius 2 is 1.69 bits per heavy atom. The number of carbonyl (C=O) groups excluding carboxylic acids is 3. The van der Waals surface area contributed by atoms with Crippen molar-refractivity contribution in [1.82, 2.24) is 9.80 Å². The van der Waals surface area contributed by atoms with Crippen LogP contribution >= 0.6 is 0 Å². The van der Waals surface area contributed by atoms with E-state index < -0.39 is 23.1 Å². The Morgan fingerprint density at radius 3 is 2.31 bits per heavy atom. The summed E-state index contributed by atoms with van der Waals surface area (Å²) in [5.41, 5.74) is -0.407. The van der Waals surface area contributed by atoms with Crippen LogP contribution in [-0.2, 0) is 19.9 Å². The lowest BCUT2D eigenvalue weighted by Gasteiger charge is -2.35. The van der Waals surface area contributed by atoms with E-state index in [9.17, 15) is 19.5 Å². The molecule has 1 atom stereocenters. The number of para-hydroxylation sites is 1. The maximum Gasteiger partial charge on any atom is 0.296 e. The molecule has 1 saturated heterocycles. The number of rotatable bonds is 8. The molecule has 1 unspecified atom stereocenters. The average molecular weight is 478 g/mol. The molecule has 35 heavy (non-hydrogen) atoms. The van der Waals surface area contributed by atoms with Gasteiger partial charge in [-0.2, -0.15) is 0 Å². The fraction of sp³-hybridized carbons (Fsp3) is 0.370. The van der Waals surface area contributed by atoms with E-state index in [0.29, 0.717) is 48.7 Å². The predicted molar refractivity (Wildman–Crippen MR) is 133 cm³/mol. The molecule has 1 N–H and O–H groups in total. The maximum absolute atomic E-state index is 14.2. The zero-order chi connectivity index (χ0) is 25.3. The second kappa shape index (κ2) is 9.54. The minimum atomic E-state index is -1.72. The van der Waals surface area contributed by atoms with Gasteiger partial charge in [0.05, 0.1) is 17.9 Å². The van der Waals surface area contributed by atoms with Crippen LogP contribution in [0.3, 0.4) is 0 Å². The van der Waals surface area contributed by atoms with E-state index in [1.165, 1.54) is 4.90 Å². The first-order valence-corrected chi connectivity index (χ1v) is 11.9. The van der Waals surface area contributed by atoms with E-state index in [1.807, 2.05) is 45.0 Å². The van der Waals surface area contributed by atoms with Crippen molar-refractivity contribution in [2.75, 3.05) is 45.2 Å². The highest BCUT2D eigenvalue weighted by molar-refractivity contribution is 6.50. The minimum Gasteiger partial charge on any atom is -0.507 e. The molecule has 0 bridgehead atoms. The standard InChI is InChI=1S/C27H31N3O5/c1-5-15-29-21-10-8-7-9-20(21)27(26(29)34)22(24(32)25(33)30(27)17-16-28(3)4)23(31)18-11-13-19(14-12-18)35-6-2/h7-14,31H,5-6,15-17H2,1-4H3/b23-22+. The molecule has 1 spiro atoms. The van der Waals surface area contributed by atoms with Crippen molar-refractivity contribution in [3.05, 3.63) is 65.2 Å². The summed E-state index contributed by atoms with van der Waals surface area (Å²) in [6, 6.07) is 13.8. The first kappa shape index (κ1) is 24.5. The molecule has 8 nitrogen and oxygen atoms in total. The van der Waals surface area contributed by atoms with Crippen molar-refractivity contribution in [3.63, 3.8) is 0 Å². The van der Waals surface area contributed by atoms with Gasteiger partial charge in [-0.25, -0.2) is 0 Å². The summed E-state index contributed by atoms with van der Waals surface area (Å²) in [5.74, 6) is -1.81. The number of fused-ring (bicyclic) bond motifs is 2. The highest BCUT2D eigenvalue weighted by atomic mass is 16.5. The number of aliphatic hydroxyl groups is 1. The number of anilines is 1. The molecular weight excluding hydrogens is 446 g/mol. The number of nitrogens with zero attached hydrogens (tertiary/aromatic N) is 3. The molecule has 2 aliphatic heterocycles. The molecule has 0 radical (unpaired) electrons. The van der Waals surface area contributed by atoms with Crippen LogP contribution in [0.15, 0.2) is 54.1 Å². The van der Waals surface area contributed by atoms with Gasteiger partial charge in [-0.05, 0) is 57.8 Å². The van der Waals surface area contributed by atoms with E-state index in [4.69, 9.17) is 4.74 Å². The summed E-state index contributed by atoms with van der Waals surface area (Å²) in [6.07, 6.45) is 0.694. The number of likely N-dealkylation sites (N-methyl/N-ethyl adjacent to an activating group) is 1. The highest BCUT2D eigenvalue weighted by Gasteiger charge is 2.66. The van der Waals surface area contributed by atoms with Crippen LogP contribution in [0.2, 0.25) is 0 Å². The van der Waals surface area contributed by atoms with Crippen LogP contribution in [0.25, 0.3) is 5.76 Å². The fourth-order valence-corrected chi connectivity index (χ4v) is 4.93. The Balaban J connectivity index is 1.98. The van der Waals surface area contributed by atoms with E-state index in [0.717, 1.165) is 0 Å². The number of ether oxygens (including phenoxy) is 1. The van der Waals surface area contributed by atoms with E-state index in [2.05, 4.69) is 0 Å². The van der Waals surface area contributed by atoms with Crippen LogP contribution < -0.4 is 9.64 Å². The summed E-state index contributed by atoms with van der Waals surface area (Å²) in [7, 11) is 3.72. The van der Waals surface area contributed by atoms with Crippen molar-refractivity contribution in [3.8, 4) is 5.75 Å². The molecule has 2 aromatic carbocycles. The Labute approximate surface area is 205 Å². The molecule has 0 aliphatic carbocycles. The molecule has 2 aromatic rings. The number of hydrogen-bond donors (Lipinski definition) is 1. The summed E-state index contributed by atoms with van der Waals surface area (Å²) >= 11 is 0. The predicted octanol–water partition coefficient (Wildman–Crippen LogP) is 2.98. The third kappa shape index (κ3) is 3.78. The molecule has 184 valence electrons. The zero-order valence-corrected chi connectivity index (χ0v) is 20.6. The first-order chi connectivity index (χ1) is 16.8. The highest BCUT2D eigenvalue weighted by Crippen LogP contribution is 2.53. The largest absolute Gasteiger partial charge is 0.507 e. The molecule has 2 aliphatic rings. The molecular formula is C27H31N3O5. The molecule has 2 amide bonds. The zero-order valence-electron chi connectivity index (χ0n) is 20.6. The minimum absolute atomic E-state index is 0.150. The number of carbonyl (C=O) groups is 3. The summed E-state index contributed by atoms with van der Waals surface area (Å²) in [5, 5.41) is 11.5. The van der Waals surface area contributed by atoms with Gasteiger partial charge in [0.15, 0.2) is 5.54 Å². The molecule has 0 saturated carbocycles. The Morgan fingerprint density at radius 1 is 1.00 bits per heavy atom. The van der Waals surface area contributed by atoms with Crippen LogP contribution in [0, 0.1) is 0 Å². The van der Waals surface area contributed by atoms with Gasteiger partial charge >= 0.3 is 0 Å². The molecule has 0 aromatic heterocycles. The van der Waals surface area contributed by atoms with Crippen LogP contribution in [-0.4, -0.2) is 72.8 Å². The van der Waals surface area contributed by atoms with E-state index in [1.54, 1.807) is 41.3 Å². The number of ketones is 1. The van der Waals surface area contributed by atoms with E-state index in [-0.39, 0.29) is 17.9 Å². The van der Waals surface area contributed by atoms with Gasteiger partial charge in [0.1, 0.15) is 11.5 Å². The number of hydrogen-bond acceptors (Lipinski definition) is 6. The molecule has 2 heterocycles. The maximum atomic E-state index is 14.2. The lowest BCUT2D eigenvalue weighted by atomic mass is 9.82. The van der Waals surface area contributed by atoms with Crippen molar-refractivity contribution in [1.29, 1.82) is 0 Å². The fourth-order valence-electron chi connectivity index (χ4n) is 4.93. The van der Waals surface area contributed by atoms with Crippen LogP contribution in [0.5, 0.6) is 5.75 Å². The van der Waals surface area contributed by atoms with Crippen LogP contribution in [0.4, 0.5) is 5.69 Å². The average Bonchev–Trinajstić information content (AvgIpc) is 3.22.